The fourth-order valence-corrected chi connectivity index (χ4v) is 2.32. The van der Waals surface area contributed by atoms with E-state index in [1.807, 2.05) is 0 Å². The molecule has 0 aliphatic rings. The monoisotopic (exact) mass is 253 g/mol. The number of nitrogens with zero attached hydrogens (tertiary/aromatic N) is 2. The van der Waals surface area contributed by atoms with Crippen LogP contribution in [0.5, 0.6) is 0 Å². The van der Waals surface area contributed by atoms with Crippen molar-refractivity contribution in [3.63, 3.8) is 0 Å². The SMILES string of the molecule is CCNCCCc1c(C)nc(CSC)nc1C. The van der Waals surface area contributed by atoms with Crippen LogP contribution in [0.25, 0.3) is 0 Å². The Labute approximate surface area is 109 Å². The van der Waals surface area contributed by atoms with E-state index >= 15 is 0 Å². The van der Waals surface area contributed by atoms with Crippen LogP contribution < -0.4 is 5.32 Å². The van der Waals surface area contributed by atoms with Gasteiger partial charge < -0.3 is 5.32 Å². The number of aromatic nitrogens is 2. The van der Waals surface area contributed by atoms with Gasteiger partial charge in [0.2, 0.25) is 0 Å². The molecule has 96 valence electrons. The number of rotatable bonds is 7. The van der Waals surface area contributed by atoms with Crippen molar-refractivity contribution >= 4 is 11.8 Å². The van der Waals surface area contributed by atoms with E-state index in [1.54, 1.807) is 11.8 Å². The van der Waals surface area contributed by atoms with E-state index in [9.17, 15) is 0 Å². The highest BCUT2D eigenvalue weighted by molar-refractivity contribution is 7.97. The first-order valence-corrected chi connectivity index (χ1v) is 7.61. The molecular formula is C13H23N3S. The first kappa shape index (κ1) is 14.5. The average Bonchev–Trinajstić information content (AvgIpc) is 2.27. The van der Waals surface area contributed by atoms with Crippen molar-refractivity contribution in [2.75, 3.05) is 19.3 Å². The third-order valence-corrected chi connectivity index (χ3v) is 3.32. The van der Waals surface area contributed by atoms with Gasteiger partial charge in [0.25, 0.3) is 0 Å². The molecule has 4 heteroatoms. The van der Waals surface area contributed by atoms with E-state index in [0.717, 1.165) is 48.9 Å². The molecule has 0 saturated carbocycles. The summed E-state index contributed by atoms with van der Waals surface area (Å²) in [6.07, 6.45) is 4.31. The van der Waals surface area contributed by atoms with Crippen LogP contribution in [-0.2, 0) is 12.2 Å². The number of nitrogens with one attached hydrogen (secondary N) is 1. The number of aryl methyl sites for hydroxylation is 2. The number of thioether (sulfide) groups is 1. The van der Waals surface area contributed by atoms with Crippen molar-refractivity contribution < 1.29 is 0 Å². The summed E-state index contributed by atoms with van der Waals surface area (Å²) in [7, 11) is 0. The molecule has 1 aromatic rings. The van der Waals surface area contributed by atoms with Crippen LogP contribution in [0.3, 0.4) is 0 Å². The molecule has 1 heterocycles. The van der Waals surface area contributed by atoms with Crippen LogP contribution in [0, 0.1) is 13.8 Å². The Morgan fingerprint density at radius 1 is 1.18 bits per heavy atom. The molecule has 0 bridgehead atoms. The van der Waals surface area contributed by atoms with Gasteiger partial charge in [-0.2, -0.15) is 11.8 Å². The van der Waals surface area contributed by atoms with Crippen LogP contribution in [0.1, 0.15) is 36.1 Å². The van der Waals surface area contributed by atoms with E-state index in [-0.39, 0.29) is 0 Å². The lowest BCUT2D eigenvalue weighted by molar-refractivity contribution is 0.666. The molecule has 0 aromatic carbocycles. The fraction of sp³-hybridized carbons (Fsp3) is 0.692. The van der Waals surface area contributed by atoms with E-state index in [0.29, 0.717) is 0 Å². The molecule has 0 unspecified atom stereocenters. The maximum atomic E-state index is 4.57. The molecule has 0 fully saturated rings. The lowest BCUT2D eigenvalue weighted by Crippen LogP contribution is -2.15. The molecule has 1 rings (SSSR count). The van der Waals surface area contributed by atoms with Gasteiger partial charge in [-0.1, -0.05) is 6.92 Å². The molecule has 17 heavy (non-hydrogen) atoms. The third-order valence-electron chi connectivity index (χ3n) is 2.77. The maximum Gasteiger partial charge on any atom is 0.138 e. The van der Waals surface area contributed by atoms with E-state index in [4.69, 9.17) is 0 Å². The van der Waals surface area contributed by atoms with Gasteiger partial charge in [-0.05, 0) is 51.6 Å². The van der Waals surface area contributed by atoms with Crippen molar-refractivity contribution in [1.82, 2.24) is 15.3 Å². The minimum Gasteiger partial charge on any atom is -0.317 e. The summed E-state index contributed by atoms with van der Waals surface area (Å²) in [6, 6.07) is 0. The Kier molecular flexibility index (Phi) is 6.52. The fourth-order valence-electron chi connectivity index (χ4n) is 1.93. The molecule has 1 N–H and O–H groups in total. The Bertz CT molecular complexity index is 330. The highest BCUT2D eigenvalue weighted by Gasteiger charge is 2.07. The molecule has 0 amide bonds. The van der Waals surface area contributed by atoms with Crippen molar-refractivity contribution in [1.29, 1.82) is 0 Å². The summed E-state index contributed by atoms with van der Waals surface area (Å²) in [5.74, 6) is 1.86. The van der Waals surface area contributed by atoms with Gasteiger partial charge in [0.1, 0.15) is 5.82 Å². The van der Waals surface area contributed by atoms with E-state index in [2.05, 4.69) is 42.3 Å². The zero-order valence-corrected chi connectivity index (χ0v) is 12.2. The maximum absolute atomic E-state index is 4.57. The van der Waals surface area contributed by atoms with Gasteiger partial charge in [0, 0.05) is 11.4 Å². The molecular weight excluding hydrogens is 230 g/mol. The lowest BCUT2D eigenvalue weighted by Gasteiger charge is -2.10. The standard InChI is InChI=1S/C13H23N3S/c1-5-14-8-6-7-12-10(2)15-13(9-17-4)16-11(12)3/h14H,5-9H2,1-4H3. The Hall–Kier alpha value is -0.610. The predicted octanol–water partition coefficient (Wildman–Crippen LogP) is 2.50. The quantitative estimate of drug-likeness (QED) is 0.758. The van der Waals surface area contributed by atoms with Crippen molar-refractivity contribution in [3.8, 4) is 0 Å². The van der Waals surface area contributed by atoms with Crippen molar-refractivity contribution in [3.05, 3.63) is 22.8 Å². The normalized spacial score (nSPS) is 10.8. The Morgan fingerprint density at radius 3 is 2.35 bits per heavy atom. The topological polar surface area (TPSA) is 37.8 Å². The highest BCUT2D eigenvalue weighted by Crippen LogP contribution is 2.14. The number of hydrogen-bond acceptors (Lipinski definition) is 4. The second-order valence-electron chi connectivity index (χ2n) is 4.18. The van der Waals surface area contributed by atoms with Gasteiger partial charge in [-0.25, -0.2) is 9.97 Å². The van der Waals surface area contributed by atoms with Gasteiger partial charge in [0.15, 0.2) is 0 Å². The second kappa shape index (κ2) is 7.67. The summed E-state index contributed by atoms with van der Waals surface area (Å²) in [5, 5.41) is 3.34. The number of hydrogen-bond donors (Lipinski definition) is 1. The van der Waals surface area contributed by atoms with Crippen LogP contribution in [0.15, 0.2) is 0 Å². The Balaban J connectivity index is 2.65. The molecule has 3 nitrogen and oxygen atoms in total. The van der Waals surface area contributed by atoms with Crippen LogP contribution in [-0.4, -0.2) is 29.3 Å². The van der Waals surface area contributed by atoms with E-state index in [1.165, 1.54) is 5.56 Å². The predicted molar refractivity (Wildman–Crippen MR) is 75.6 cm³/mol. The zero-order chi connectivity index (χ0) is 12.7. The summed E-state index contributed by atoms with van der Waals surface area (Å²) in [5.41, 5.74) is 3.63. The molecule has 1 aromatic heterocycles. The largest absolute Gasteiger partial charge is 0.317 e. The van der Waals surface area contributed by atoms with Gasteiger partial charge in [0.05, 0.1) is 5.75 Å². The Morgan fingerprint density at radius 2 is 1.82 bits per heavy atom. The van der Waals surface area contributed by atoms with Crippen LogP contribution in [0.4, 0.5) is 0 Å². The molecule has 0 radical (unpaired) electrons. The summed E-state index contributed by atoms with van der Waals surface area (Å²) < 4.78 is 0. The minimum absolute atomic E-state index is 0.902. The molecule has 0 aliphatic heterocycles. The molecule has 0 spiro atoms. The zero-order valence-electron chi connectivity index (χ0n) is 11.3. The summed E-state index contributed by atoms with van der Waals surface area (Å²) >= 11 is 1.77. The van der Waals surface area contributed by atoms with Gasteiger partial charge in [-0.3, -0.25) is 0 Å². The summed E-state index contributed by atoms with van der Waals surface area (Å²) in [4.78, 5) is 9.14. The average molecular weight is 253 g/mol. The van der Waals surface area contributed by atoms with Crippen LogP contribution >= 0.6 is 11.8 Å². The third kappa shape index (κ3) is 4.64. The molecule has 0 saturated heterocycles. The second-order valence-corrected chi connectivity index (χ2v) is 5.05. The van der Waals surface area contributed by atoms with Gasteiger partial charge >= 0.3 is 0 Å². The molecule has 0 atom stereocenters. The van der Waals surface area contributed by atoms with Gasteiger partial charge in [-0.15, -0.1) is 0 Å². The van der Waals surface area contributed by atoms with Crippen molar-refractivity contribution in [2.24, 2.45) is 0 Å². The van der Waals surface area contributed by atoms with E-state index < -0.39 is 0 Å². The first-order chi connectivity index (χ1) is 8.19. The highest BCUT2D eigenvalue weighted by atomic mass is 32.2. The lowest BCUT2D eigenvalue weighted by atomic mass is 10.1. The van der Waals surface area contributed by atoms with Crippen LogP contribution in [0.2, 0.25) is 0 Å². The minimum atomic E-state index is 0.902. The molecule has 0 aliphatic carbocycles. The summed E-state index contributed by atoms with van der Waals surface area (Å²) in [6.45, 7) is 8.45. The first-order valence-electron chi connectivity index (χ1n) is 6.21. The van der Waals surface area contributed by atoms with Crippen molar-refractivity contribution in [2.45, 2.75) is 39.4 Å². The smallest absolute Gasteiger partial charge is 0.138 e.